The predicted octanol–water partition coefficient (Wildman–Crippen LogP) is 1.84. The van der Waals surface area contributed by atoms with Crippen LogP contribution >= 0.6 is 0 Å². The zero-order valence-electron chi connectivity index (χ0n) is 24.7. The topological polar surface area (TPSA) is 200 Å². The fourth-order valence-corrected chi connectivity index (χ4v) is 6.09. The van der Waals surface area contributed by atoms with Crippen molar-refractivity contribution in [3.63, 3.8) is 0 Å². The average molecular weight is 649 g/mol. The Hall–Kier alpha value is -6.31. The maximum Gasteiger partial charge on any atom is 0.297 e. The molecule has 0 fully saturated rings. The van der Waals surface area contributed by atoms with Gasteiger partial charge in [-0.2, -0.15) is 13.5 Å². The van der Waals surface area contributed by atoms with Crippen molar-refractivity contribution in [2.75, 3.05) is 10.0 Å². The van der Waals surface area contributed by atoms with Crippen molar-refractivity contribution >= 4 is 49.9 Å². The summed E-state index contributed by atoms with van der Waals surface area (Å²) in [6.45, 7) is 1.61. The van der Waals surface area contributed by atoms with Crippen LogP contribution in [0.25, 0.3) is 22.1 Å². The number of aryl methyl sites for hydroxylation is 1. The Balaban J connectivity index is 1.43. The number of nitrogens with zero attached hydrogens (tertiary/aromatic N) is 6. The van der Waals surface area contributed by atoms with Gasteiger partial charge in [-0.3, -0.25) is 28.4 Å². The Kier molecular flexibility index (Phi) is 6.84. The highest BCUT2D eigenvalue weighted by molar-refractivity contribution is 7.90. The summed E-state index contributed by atoms with van der Waals surface area (Å²) in [7, 11) is -2.55. The van der Waals surface area contributed by atoms with Crippen LogP contribution < -0.4 is 26.1 Å². The summed E-state index contributed by atoms with van der Waals surface area (Å²) in [5.74, 6) is 4.49. The molecule has 1 aliphatic heterocycles. The first-order chi connectivity index (χ1) is 22.5. The molecule has 16 heteroatoms. The molecule has 6 aromatic rings. The van der Waals surface area contributed by atoms with Crippen LogP contribution in [0.5, 0.6) is 0 Å². The highest BCUT2D eigenvalue weighted by Crippen LogP contribution is 2.38. The van der Waals surface area contributed by atoms with Crippen molar-refractivity contribution in [2.45, 2.75) is 13.0 Å². The third-order valence-corrected chi connectivity index (χ3v) is 8.00. The van der Waals surface area contributed by atoms with Gasteiger partial charge in [0.05, 0.1) is 40.1 Å². The van der Waals surface area contributed by atoms with Gasteiger partial charge in [-0.25, -0.2) is 14.6 Å². The van der Waals surface area contributed by atoms with Gasteiger partial charge >= 0.3 is 0 Å². The van der Waals surface area contributed by atoms with E-state index in [1.807, 2.05) is 0 Å². The second-order valence-corrected chi connectivity index (χ2v) is 12.0. The van der Waals surface area contributed by atoms with E-state index in [9.17, 15) is 22.8 Å². The third-order valence-electron chi connectivity index (χ3n) is 7.52. The molecule has 5 N–H and O–H groups in total. The first-order valence-electron chi connectivity index (χ1n) is 14.1. The van der Waals surface area contributed by atoms with Crippen LogP contribution in [0.3, 0.4) is 0 Å². The van der Waals surface area contributed by atoms with Crippen LogP contribution in [0.4, 0.5) is 11.5 Å². The van der Waals surface area contributed by atoms with Crippen molar-refractivity contribution < 1.29 is 18.0 Å². The smallest absolute Gasteiger partial charge is 0.297 e. The van der Waals surface area contributed by atoms with E-state index < -0.39 is 33.6 Å². The highest BCUT2D eigenvalue weighted by Gasteiger charge is 2.34. The van der Waals surface area contributed by atoms with Gasteiger partial charge in [-0.15, -0.1) is 5.10 Å². The van der Waals surface area contributed by atoms with Crippen molar-refractivity contribution in [1.29, 1.82) is 0 Å². The van der Waals surface area contributed by atoms with Gasteiger partial charge in [-0.05, 0) is 37.3 Å². The molecule has 0 unspecified atom stereocenters. The SMILES string of the molecule is C[C@@H](NC(=O)c1c(NS(N)(=O)=O)nn2cccnc12)c1c2c3c(ccc(C#Cc4cnn(C)c4)c3c(=O)n1-c1ccccc1)NC2=O. The maximum absolute atomic E-state index is 14.5. The van der Waals surface area contributed by atoms with Gasteiger partial charge in [0.15, 0.2) is 11.5 Å². The van der Waals surface area contributed by atoms with Crippen LogP contribution in [0.1, 0.15) is 50.5 Å². The number of nitrogens with one attached hydrogen (secondary N) is 3. The number of carbonyl (C=O) groups is 2. The zero-order valence-corrected chi connectivity index (χ0v) is 25.5. The van der Waals surface area contributed by atoms with Crippen molar-refractivity contribution in [3.8, 4) is 17.5 Å². The minimum absolute atomic E-state index is 0.0451. The number of pyridine rings is 1. The van der Waals surface area contributed by atoms with E-state index in [0.717, 1.165) is 0 Å². The van der Waals surface area contributed by atoms with Crippen molar-refractivity contribution in [3.05, 3.63) is 112 Å². The summed E-state index contributed by atoms with van der Waals surface area (Å²) in [5, 5.41) is 19.7. The molecule has 4 aromatic heterocycles. The summed E-state index contributed by atoms with van der Waals surface area (Å²) < 4.78 is 30.1. The first-order valence-corrected chi connectivity index (χ1v) is 15.6. The number of fused-ring (bicyclic) bond motifs is 1. The lowest BCUT2D eigenvalue weighted by Crippen LogP contribution is -2.34. The lowest BCUT2D eigenvalue weighted by molar-refractivity contribution is 0.0937. The fraction of sp³-hybridized carbons (Fsp3) is 0.0968. The molecule has 1 aliphatic rings. The van der Waals surface area contributed by atoms with E-state index in [1.165, 1.54) is 21.5 Å². The van der Waals surface area contributed by atoms with Gasteiger partial charge in [0, 0.05) is 42.3 Å². The molecule has 0 radical (unpaired) electrons. The molecule has 1 atom stereocenters. The lowest BCUT2D eigenvalue weighted by atomic mass is 9.97. The average Bonchev–Trinajstić information content (AvgIpc) is 3.71. The molecule has 7 rings (SSSR count). The number of para-hydroxylation sites is 1. The second-order valence-electron chi connectivity index (χ2n) is 10.7. The summed E-state index contributed by atoms with van der Waals surface area (Å²) in [6.07, 6.45) is 6.24. The Morgan fingerprint density at radius 3 is 2.57 bits per heavy atom. The van der Waals surface area contributed by atoms with E-state index in [1.54, 1.807) is 79.6 Å². The van der Waals surface area contributed by atoms with Crippen LogP contribution in [-0.4, -0.2) is 49.2 Å². The number of hydrogen-bond donors (Lipinski definition) is 4. The van der Waals surface area contributed by atoms with E-state index >= 15 is 0 Å². The molecule has 0 saturated heterocycles. The van der Waals surface area contributed by atoms with Crippen LogP contribution in [0.15, 0.2) is 78.1 Å². The molecule has 0 aliphatic carbocycles. The standard InChI is InChI=1S/C31H24N10O5S/c1-17(35-30(43)25-27(38-47(32,45)46)37-40-14-6-13-33-28(25)40)26-24-23-21(36-29(24)42)12-11-19(10-9-18-15-34-39(2)16-18)22(23)31(44)41(26)20-7-4-3-5-8-20/h3-8,11-17H,1-2H3,(H,35,43)(H,36,42)(H,37,38)(H2,32,45,46)/t17-/m1/s1. The molecule has 47 heavy (non-hydrogen) atoms. The van der Waals surface area contributed by atoms with E-state index in [4.69, 9.17) is 5.14 Å². The van der Waals surface area contributed by atoms with Gasteiger partial charge < -0.3 is 10.6 Å². The molecular formula is C31H24N10O5S. The largest absolute Gasteiger partial charge is 0.344 e. The molecular weight excluding hydrogens is 624 g/mol. The molecule has 0 saturated carbocycles. The monoisotopic (exact) mass is 648 g/mol. The summed E-state index contributed by atoms with van der Waals surface area (Å²) in [5.41, 5.74) is 1.66. The van der Waals surface area contributed by atoms with Crippen LogP contribution in [-0.2, 0) is 17.3 Å². The highest BCUT2D eigenvalue weighted by atomic mass is 32.2. The Morgan fingerprint density at radius 1 is 1.06 bits per heavy atom. The van der Waals surface area contributed by atoms with Crippen molar-refractivity contribution in [1.82, 2.24) is 34.3 Å². The summed E-state index contributed by atoms with van der Waals surface area (Å²) >= 11 is 0. The maximum atomic E-state index is 14.5. The summed E-state index contributed by atoms with van der Waals surface area (Å²) in [6, 6.07) is 12.6. The normalized spacial score (nSPS) is 12.9. The van der Waals surface area contributed by atoms with E-state index in [-0.39, 0.29) is 33.7 Å². The number of anilines is 2. The van der Waals surface area contributed by atoms with Crippen LogP contribution in [0.2, 0.25) is 0 Å². The summed E-state index contributed by atoms with van der Waals surface area (Å²) in [4.78, 5) is 46.3. The first kappa shape index (κ1) is 29.4. The van der Waals surface area contributed by atoms with Crippen LogP contribution in [0, 0.1) is 11.8 Å². The molecule has 15 nitrogen and oxygen atoms in total. The molecule has 0 spiro atoms. The zero-order chi connectivity index (χ0) is 33.0. The molecule has 234 valence electrons. The number of hydrogen-bond acceptors (Lipinski definition) is 8. The van der Waals surface area contributed by atoms with Gasteiger partial charge in [0.25, 0.3) is 27.6 Å². The lowest BCUT2D eigenvalue weighted by Gasteiger charge is -2.23. The molecule has 2 aromatic carbocycles. The Labute approximate surface area is 266 Å². The van der Waals surface area contributed by atoms with Gasteiger partial charge in [0.1, 0.15) is 5.56 Å². The quantitative estimate of drug-likeness (QED) is 0.196. The third kappa shape index (κ3) is 5.14. The number of amides is 2. The number of nitrogens with two attached hydrogens (primary N) is 1. The minimum atomic E-state index is -4.32. The Morgan fingerprint density at radius 2 is 1.85 bits per heavy atom. The predicted molar refractivity (Wildman–Crippen MR) is 172 cm³/mol. The van der Waals surface area contributed by atoms with Crippen molar-refractivity contribution in [2.24, 2.45) is 12.2 Å². The molecule has 5 heterocycles. The van der Waals surface area contributed by atoms with Gasteiger partial charge in [-0.1, -0.05) is 30.0 Å². The Bertz CT molecular complexity index is 2520. The number of rotatable bonds is 6. The van der Waals surface area contributed by atoms with E-state index in [0.29, 0.717) is 27.9 Å². The fourth-order valence-electron chi connectivity index (χ4n) is 5.68. The van der Waals surface area contributed by atoms with E-state index in [2.05, 4.69) is 42.4 Å². The minimum Gasteiger partial charge on any atom is -0.344 e. The van der Waals surface area contributed by atoms with Gasteiger partial charge in [0.2, 0.25) is 0 Å². The number of aromatic nitrogens is 6. The number of carbonyl (C=O) groups excluding carboxylic acids is 2. The second kappa shape index (κ2) is 10.9. The molecule has 0 bridgehead atoms. The molecule has 2 amide bonds. The number of benzene rings is 2.